The van der Waals surface area contributed by atoms with Crippen LogP contribution in [0.25, 0.3) is 0 Å². The maximum Gasteiger partial charge on any atom is 0.332 e. The number of aromatic nitrogens is 2. The Bertz CT molecular complexity index is 1940. The molecule has 3 aliphatic rings. The third-order valence-electron chi connectivity index (χ3n) is 8.42. The van der Waals surface area contributed by atoms with E-state index >= 15 is 0 Å². The number of benzene rings is 2. The van der Waals surface area contributed by atoms with Crippen LogP contribution in [0.3, 0.4) is 0 Å². The minimum Gasteiger partial charge on any atom is -0.496 e. The SMILES string of the molecule is COc1cc(OC)c2c(c1Cl)OC1(C(=O)C3=C(CC1C)Nc1c(c(=O)n(C)c(=O)n1C)C3c1cc(F)c(F)c(F)c1)C2=O. The Morgan fingerprint density at radius 1 is 0.977 bits per heavy atom. The zero-order valence-corrected chi connectivity index (χ0v) is 24.1. The number of carbonyl (C=O) groups is 2. The minimum absolute atomic E-state index is 0.0191. The number of halogens is 4. The summed E-state index contributed by atoms with van der Waals surface area (Å²) < 4.78 is 62.0. The van der Waals surface area contributed by atoms with Crippen LogP contribution in [0.1, 0.15) is 40.7 Å². The topological polar surface area (TPSA) is 118 Å². The number of hydrogen-bond donors (Lipinski definition) is 1. The van der Waals surface area contributed by atoms with Gasteiger partial charge in [0.2, 0.25) is 17.2 Å². The number of nitrogens with one attached hydrogen (secondary N) is 1. The van der Waals surface area contributed by atoms with Gasteiger partial charge in [-0.15, -0.1) is 0 Å². The second kappa shape index (κ2) is 9.49. The summed E-state index contributed by atoms with van der Waals surface area (Å²) in [6.45, 7) is 1.59. The van der Waals surface area contributed by atoms with Crippen LogP contribution >= 0.6 is 11.6 Å². The molecular formula is C29H23ClF3N3O7. The molecule has 224 valence electrons. The van der Waals surface area contributed by atoms with Gasteiger partial charge in [0.25, 0.3) is 5.56 Å². The highest BCUT2D eigenvalue weighted by Crippen LogP contribution is 2.56. The maximum absolute atomic E-state index is 14.7. The molecular weight excluding hydrogens is 595 g/mol. The summed E-state index contributed by atoms with van der Waals surface area (Å²) in [5.74, 6) is -8.95. The number of hydrogen-bond acceptors (Lipinski definition) is 8. The van der Waals surface area contributed by atoms with Crippen molar-refractivity contribution < 1.29 is 37.0 Å². The van der Waals surface area contributed by atoms with Crippen LogP contribution in [-0.4, -0.2) is 40.5 Å². The normalized spacial score (nSPS) is 22.2. The van der Waals surface area contributed by atoms with Crippen molar-refractivity contribution in [3.8, 4) is 17.2 Å². The fourth-order valence-corrected chi connectivity index (χ4v) is 6.53. The maximum atomic E-state index is 14.7. The van der Waals surface area contributed by atoms with Crippen molar-refractivity contribution in [2.24, 2.45) is 20.0 Å². The van der Waals surface area contributed by atoms with Gasteiger partial charge in [-0.1, -0.05) is 18.5 Å². The Morgan fingerprint density at radius 2 is 1.60 bits per heavy atom. The lowest BCUT2D eigenvalue weighted by Crippen LogP contribution is -2.58. The number of rotatable bonds is 3. The Labute approximate surface area is 246 Å². The molecule has 1 N–H and O–H groups in total. The lowest BCUT2D eigenvalue weighted by atomic mass is 9.66. The molecule has 3 aromatic rings. The molecule has 0 amide bonds. The Balaban J connectivity index is 1.64. The van der Waals surface area contributed by atoms with Crippen molar-refractivity contribution >= 4 is 29.0 Å². The smallest absolute Gasteiger partial charge is 0.332 e. The number of methoxy groups -OCH3 is 2. The molecule has 6 rings (SSSR count). The lowest BCUT2D eigenvalue weighted by Gasteiger charge is -2.42. The first-order chi connectivity index (χ1) is 20.3. The number of Topliss-reactive ketones (excluding diaryl/α,β-unsaturated/α-hetero) is 2. The van der Waals surface area contributed by atoms with E-state index < -0.39 is 57.7 Å². The molecule has 14 heteroatoms. The molecule has 3 heterocycles. The molecule has 0 radical (unpaired) electrons. The highest BCUT2D eigenvalue weighted by Gasteiger charge is 2.63. The van der Waals surface area contributed by atoms with Crippen molar-refractivity contribution in [3.05, 3.63) is 89.5 Å². The number of nitrogens with zero attached hydrogens (tertiary/aromatic N) is 2. The van der Waals surface area contributed by atoms with Gasteiger partial charge in [-0.3, -0.25) is 23.5 Å². The highest BCUT2D eigenvalue weighted by molar-refractivity contribution is 6.36. The quantitative estimate of drug-likeness (QED) is 0.350. The molecule has 0 fully saturated rings. The van der Waals surface area contributed by atoms with Crippen LogP contribution < -0.4 is 30.8 Å². The van der Waals surface area contributed by atoms with Gasteiger partial charge in [-0.2, -0.15) is 0 Å². The van der Waals surface area contributed by atoms with Crippen LogP contribution in [-0.2, 0) is 18.9 Å². The standard InChI is InChI=1S/C29H23ClF3N3O7/c1-10-6-14-18(24(37)29(10)25(38)19-15(41-4)9-16(42-5)21(30)23(19)43-29)17(11-7-12(31)22(33)13(32)8-11)20-26(34-14)35(2)28(40)36(3)27(20)39/h7-10,17,34H,6H2,1-5H3. The van der Waals surface area contributed by atoms with Crippen LogP contribution in [0.5, 0.6) is 17.2 Å². The fourth-order valence-electron chi connectivity index (χ4n) is 6.26. The second-order valence-electron chi connectivity index (χ2n) is 10.6. The predicted octanol–water partition coefficient (Wildman–Crippen LogP) is 3.61. The van der Waals surface area contributed by atoms with Gasteiger partial charge < -0.3 is 19.5 Å². The van der Waals surface area contributed by atoms with Crippen LogP contribution in [0.2, 0.25) is 5.02 Å². The molecule has 0 bridgehead atoms. The number of allylic oxidation sites excluding steroid dienone is 1. The van der Waals surface area contributed by atoms with E-state index in [1.807, 2.05) is 0 Å². The van der Waals surface area contributed by atoms with E-state index in [4.69, 9.17) is 25.8 Å². The van der Waals surface area contributed by atoms with Gasteiger partial charge in [0.05, 0.1) is 19.8 Å². The molecule has 3 atom stereocenters. The van der Waals surface area contributed by atoms with Gasteiger partial charge in [0.15, 0.2) is 23.2 Å². The van der Waals surface area contributed by atoms with Gasteiger partial charge in [-0.25, -0.2) is 18.0 Å². The molecule has 1 aliphatic carbocycles. The van der Waals surface area contributed by atoms with Crippen molar-refractivity contribution in [3.63, 3.8) is 0 Å². The first kappa shape index (κ1) is 28.6. The summed E-state index contributed by atoms with van der Waals surface area (Å²) >= 11 is 6.51. The summed E-state index contributed by atoms with van der Waals surface area (Å²) in [4.78, 5) is 55.3. The molecule has 2 aromatic carbocycles. The van der Waals surface area contributed by atoms with Crippen LogP contribution in [0.15, 0.2) is 39.1 Å². The molecule has 0 saturated carbocycles. The molecule has 1 spiro atoms. The third-order valence-corrected chi connectivity index (χ3v) is 8.77. The van der Waals surface area contributed by atoms with Gasteiger partial charge >= 0.3 is 5.69 Å². The second-order valence-corrected chi connectivity index (χ2v) is 11.0. The number of ether oxygens (including phenoxy) is 3. The average Bonchev–Trinajstić information content (AvgIpc) is 3.30. The van der Waals surface area contributed by atoms with E-state index in [0.29, 0.717) is 12.1 Å². The molecule has 2 aliphatic heterocycles. The van der Waals surface area contributed by atoms with Gasteiger partial charge in [0, 0.05) is 43.3 Å². The van der Waals surface area contributed by atoms with Crippen LogP contribution in [0.4, 0.5) is 19.0 Å². The molecule has 1 aromatic heterocycles. The number of anilines is 1. The van der Waals surface area contributed by atoms with Crippen molar-refractivity contribution in [2.45, 2.75) is 24.9 Å². The van der Waals surface area contributed by atoms with E-state index in [9.17, 15) is 32.3 Å². The highest BCUT2D eigenvalue weighted by atomic mass is 35.5. The van der Waals surface area contributed by atoms with Crippen LogP contribution in [0, 0.1) is 23.4 Å². The summed E-state index contributed by atoms with van der Waals surface area (Å²) in [6, 6.07) is 2.71. The zero-order chi connectivity index (χ0) is 31.3. The first-order valence-electron chi connectivity index (χ1n) is 13.0. The summed E-state index contributed by atoms with van der Waals surface area (Å²) in [6.07, 6.45) is -0.0383. The molecule has 3 unspecified atom stereocenters. The monoisotopic (exact) mass is 617 g/mol. The summed E-state index contributed by atoms with van der Waals surface area (Å²) in [5, 5.41) is 2.90. The third kappa shape index (κ3) is 3.60. The van der Waals surface area contributed by atoms with Crippen molar-refractivity contribution in [1.29, 1.82) is 0 Å². The molecule has 43 heavy (non-hydrogen) atoms. The van der Waals surface area contributed by atoms with E-state index in [0.717, 1.165) is 9.13 Å². The van der Waals surface area contributed by atoms with Gasteiger partial charge in [-0.05, 0) is 24.1 Å². The Morgan fingerprint density at radius 3 is 2.21 bits per heavy atom. The van der Waals surface area contributed by atoms with E-state index in [2.05, 4.69) is 5.32 Å². The average molecular weight is 618 g/mol. The summed E-state index contributed by atoms with van der Waals surface area (Å²) in [7, 11) is 5.23. The number of fused-ring (bicyclic) bond motifs is 2. The lowest BCUT2D eigenvalue weighted by molar-refractivity contribution is -0.130. The Kier molecular flexibility index (Phi) is 6.31. The first-order valence-corrected chi connectivity index (χ1v) is 13.3. The summed E-state index contributed by atoms with van der Waals surface area (Å²) in [5.41, 5.74) is -4.42. The zero-order valence-electron chi connectivity index (χ0n) is 23.4. The largest absolute Gasteiger partial charge is 0.496 e. The van der Waals surface area contributed by atoms with Crippen molar-refractivity contribution in [1.82, 2.24) is 9.13 Å². The van der Waals surface area contributed by atoms with E-state index in [1.165, 1.54) is 34.4 Å². The van der Waals surface area contributed by atoms with E-state index in [1.54, 1.807) is 6.92 Å². The minimum atomic E-state index is -2.22. The fraction of sp³-hybridized carbons (Fsp3) is 0.310. The van der Waals surface area contributed by atoms with Crippen molar-refractivity contribution in [2.75, 3.05) is 19.5 Å². The van der Waals surface area contributed by atoms with E-state index in [-0.39, 0.29) is 62.5 Å². The molecule has 0 saturated heterocycles. The molecule has 10 nitrogen and oxygen atoms in total. The predicted molar refractivity (Wildman–Crippen MR) is 147 cm³/mol. The number of ketones is 2. The number of carbonyl (C=O) groups excluding carboxylic acids is 2. The Hall–Kier alpha value is -4.52. The van der Waals surface area contributed by atoms with Gasteiger partial charge in [0.1, 0.15) is 27.9 Å².